The Labute approximate surface area is 132 Å². The molecule has 0 bridgehead atoms. The number of halogens is 1. The van der Waals surface area contributed by atoms with Crippen molar-refractivity contribution >= 4 is 29.9 Å². The number of carbonyl (C=O) groups excluding carboxylic acids is 2. The number of likely N-dealkylation sites (N-methyl/N-ethyl adjacent to an activating group) is 1. The van der Waals surface area contributed by atoms with Gasteiger partial charge in [-0.3, -0.25) is 9.59 Å². The third-order valence-corrected chi connectivity index (χ3v) is 3.10. The Bertz CT molecular complexity index is 472. The first kappa shape index (κ1) is 19.4. The van der Waals surface area contributed by atoms with E-state index in [0.29, 0.717) is 12.1 Å². The molecule has 0 aromatic heterocycles. The van der Waals surface area contributed by atoms with E-state index in [1.54, 1.807) is 31.1 Å². The quantitative estimate of drug-likeness (QED) is 0.868. The van der Waals surface area contributed by atoms with Gasteiger partial charge in [0.1, 0.15) is 0 Å². The van der Waals surface area contributed by atoms with Gasteiger partial charge >= 0.3 is 0 Å². The normalized spacial score (nSPS) is 11.5. The number of amides is 2. The van der Waals surface area contributed by atoms with Crippen LogP contribution in [0, 0.1) is 5.92 Å². The van der Waals surface area contributed by atoms with Crippen LogP contribution in [0.25, 0.3) is 0 Å². The number of nitrogens with zero attached hydrogens (tertiary/aromatic N) is 1. The maximum Gasteiger partial charge on any atom is 0.241 e. The van der Waals surface area contributed by atoms with Crippen molar-refractivity contribution in [3.05, 3.63) is 29.8 Å². The smallest absolute Gasteiger partial charge is 0.241 e. The molecule has 1 aromatic rings. The summed E-state index contributed by atoms with van der Waals surface area (Å²) in [5.41, 5.74) is 7.37. The van der Waals surface area contributed by atoms with E-state index in [-0.39, 0.29) is 30.1 Å². The van der Waals surface area contributed by atoms with Crippen molar-refractivity contribution in [2.24, 2.45) is 11.7 Å². The Balaban J connectivity index is 0.00000400. The minimum absolute atomic E-state index is 0. The number of anilines is 1. The first-order chi connectivity index (χ1) is 9.31. The molecule has 1 atom stereocenters. The standard InChI is InChI=1S/C15H23N3O2.ClH/c1-10(2)14(16)15(20)17-12-7-5-11(6-8-12)9-13(19)18(3)4;/h5-8,10,14H,9,16H2,1-4H3,(H,17,20);1H/t14-;/m0./s1. The molecule has 0 aliphatic rings. The minimum Gasteiger partial charge on any atom is -0.349 e. The molecule has 0 unspecified atom stereocenters. The first-order valence-corrected chi connectivity index (χ1v) is 6.66. The number of hydrogen-bond donors (Lipinski definition) is 2. The number of nitrogens with one attached hydrogen (secondary N) is 1. The molecule has 5 nitrogen and oxygen atoms in total. The maximum absolute atomic E-state index is 11.8. The SMILES string of the molecule is CC(C)[C@H](N)C(=O)Nc1ccc(CC(=O)N(C)C)cc1.Cl. The van der Waals surface area contributed by atoms with Gasteiger partial charge in [0.25, 0.3) is 0 Å². The van der Waals surface area contributed by atoms with Crippen molar-refractivity contribution in [1.82, 2.24) is 4.90 Å². The van der Waals surface area contributed by atoms with Gasteiger partial charge in [-0.2, -0.15) is 0 Å². The largest absolute Gasteiger partial charge is 0.349 e. The second-order valence-electron chi connectivity index (χ2n) is 5.42. The third-order valence-electron chi connectivity index (χ3n) is 3.10. The van der Waals surface area contributed by atoms with Crippen LogP contribution in [0.5, 0.6) is 0 Å². The van der Waals surface area contributed by atoms with Gasteiger partial charge in [0.15, 0.2) is 0 Å². The van der Waals surface area contributed by atoms with Gasteiger partial charge in [0.05, 0.1) is 12.5 Å². The van der Waals surface area contributed by atoms with Crippen LogP contribution in [0.2, 0.25) is 0 Å². The summed E-state index contributed by atoms with van der Waals surface area (Å²) >= 11 is 0. The van der Waals surface area contributed by atoms with Crippen molar-refractivity contribution < 1.29 is 9.59 Å². The molecular weight excluding hydrogens is 290 g/mol. The van der Waals surface area contributed by atoms with E-state index >= 15 is 0 Å². The van der Waals surface area contributed by atoms with E-state index in [0.717, 1.165) is 5.56 Å². The van der Waals surface area contributed by atoms with E-state index in [9.17, 15) is 9.59 Å². The lowest BCUT2D eigenvalue weighted by Crippen LogP contribution is -2.39. The van der Waals surface area contributed by atoms with Gasteiger partial charge in [0.2, 0.25) is 11.8 Å². The number of nitrogens with two attached hydrogens (primary N) is 1. The summed E-state index contributed by atoms with van der Waals surface area (Å²) in [5.74, 6) is -0.0623. The van der Waals surface area contributed by atoms with Crippen molar-refractivity contribution in [2.75, 3.05) is 19.4 Å². The molecule has 1 aromatic carbocycles. The molecule has 118 valence electrons. The number of carbonyl (C=O) groups is 2. The van der Waals surface area contributed by atoms with Gasteiger partial charge < -0.3 is 16.0 Å². The van der Waals surface area contributed by atoms with Gasteiger partial charge in [0, 0.05) is 19.8 Å². The predicted octanol–water partition coefficient (Wildman–Crippen LogP) is 1.66. The molecule has 0 aliphatic carbocycles. The van der Waals surface area contributed by atoms with Gasteiger partial charge in [-0.05, 0) is 23.6 Å². The highest BCUT2D eigenvalue weighted by Gasteiger charge is 2.17. The molecule has 0 saturated heterocycles. The molecule has 0 spiro atoms. The third kappa shape index (κ3) is 6.14. The summed E-state index contributed by atoms with van der Waals surface area (Å²) in [6, 6.07) is 6.70. The highest BCUT2D eigenvalue weighted by atomic mass is 35.5. The number of hydrogen-bond acceptors (Lipinski definition) is 3. The van der Waals surface area contributed by atoms with E-state index in [1.807, 2.05) is 26.0 Å². The van der Waals surface area contributed by atoms with Crippen molar-refractivity contribution in [3.63, 3.8) is 0 Å². The highest BCUT2D eigenvalue weighted by Crippen LogP contribution is 2.12. The lowest BCUT2D eigenvalue weighted by atomic mass is 10.0. The van der Waals surface area contributed by atoms with E-state index < -0.39 is 6.04 Å². The fourth-order valence-corrected chi connectivity index (χ4v) is 1.57. The van der Waals surface area contributed by atoms with Gasteiger partial charge in [-0.15, -0.1) is 12.4 Å². The fraction of sp³-hybridized carbons (Fsp3) is 0.467. The van der Waals surface area contributed by atoms with Crippen LogP contribution in [0.3, 0.4) is 0 Å². The van der Waals surface area contributed by atoms with Crippen molar-refractivity contribution in [2.45, 2.75) is 26.3 Å². The molecule has 3 N–H and O–H groups in total. The lowest BCUT2D eigenvalue weighted by molar-refractivity contribution is -0.128. The van der Waals surface area contributed by atoms with Gasteiger partial charge in [-0.25, -0.2) is 0 Å². The van der Waals surface area contributed by atoms with Crippen LogP contribution in [0.1, 0.15) is 19.4 Å². The molecule has 0 heterocycles. The fourth-order valence-electron chi connectivity index (χ4n) is 1.57. The summed E-state index contributed by atoms with van der Waals surface area (Å²) in [7, 11) is 3.45. The topological polar surface area (TPSA) is 75.4 Å². The Morgan fingerprint density at radius 3 is 2.14 bits per heavy atom. The minimum atomic E-state index is -0.523. The Morgan fingerprint density at radius 2 is 1.71 bits per heavy atom. The van der Waals surface area contributed by atoms with Crippen LogP contribution in [0.4, 0.5) is 5.69 Å². The molecule has 0 radical (unpaired) electrons. The predicted molar refractivity (Wildman–Crippen MR) is 87.5 cm³/mol. The zero-order valence-corrected chi connectivity index (χ0v) is 13.7. The molecule has 21 heavy (non-hydrogen) atoms. The maximum atomic E-state index is 11.8. The van der Waals surface area contributed by atoms with Crippen molar-refractivity contribution in [3.8, 4) is 0 Å². The highest BCUT2D eigenvalue weighted by molar-refractivity contribution is 5.94. The summed E-state index contributed by atoms with van der Waals surface area (Å²) < 4.78 is 0. The average Bonchev–Trinajstić information content (AvgIpc) is 2.39. The summed E-state index contributed by atoms with van der Waals surface area (Å²) in [5, 5.41) is 2.77. The number of benzene rings is 1. The Kier molecular flexibility index (Phi) is 7.99. The van der Waals surface area contributed by atoms with E-state index in [2.05, 4.69) is 5.32 Å². The zero-order chi connectivity index (χ0) is 15.3. The monoisotopic (exact) mass is 313 g/mol. The second kappa shape index (κ2) is 8.64. The summed E-state index contributed by atoms with van der Waals surface area (Å²) in [4.78, 5) is 24.9. The molecule has 1 rings (SSSR count). The Hall–Kier alpha value is -1.59. The molecule has 0 saturated carbocycles. The van der Waals surface area contributed by atoms with Gasteiger partial charge in [-0.1, -0.05) is 26.0 Å². The molecule has 0 fully saturated rings. The molecular formula is C15H24ClN3O2. The van der Waals surface area contributed by atoms with Crippen LogP contribution in [0.15, 0.2) is 24.3 Å². The average molecular weight is 314 g/mol. The van der Waals surface area contributed by atoms with Crippen LogP contribution in [-0.4, -0.2) is 36.9 Å². The molecule has 0 aliphatic heterocycles. The molecule has 6 heteroatoms. The zero-order valence-electron chi connectivity index (χ0n) is 12.9. The van der Waals surface area contributed by atoms with E-state index in [1.165, 1.54) is 0 Å². The molecule has 2 amide bonds. The van der Waals surface area contributed by atoms with E-state index in [4.69, 9.17) is 5.73 Å². The van der Waals surface area contributed by atoms with Crippen LogP contribution < -0.4 is 11.1 Å². The number of rotatable bonds is 5. The van der Waals surface area contributed by atoms with Crippen molar-refractivity contribution in [1.29, 1.82) is 0 Å². The Morgan fingerprint density at radius 1 is 1.19 bits per heavy atom. The summed E-state index contributed by atoms with van der Waals surface area (Å²) in [6.07, 6.45) is 0.354. The second-order valence-corrected chi connectivity index (χ2v) is 5.42. The summed E-state index contributed by atoms with van der Waals surface area (Å²) in [6.45, 7) is 3.81. The lowest BCUT2D eigenvalue weighted by Gasteiger charge is -2.15. The van der Waals surface area contributed by atoms with Crippen LogP contribution in [-0.2, 0) is 16.0 Å². The first-order valence-electron chi connectivity index (χ1n) is 6.66. The van der Waals surface area contributed by atoms with Crippen LogP contribution >= 0.6 is 12.4 Å².